The van der Waals surface area contributed by atoms with Gasteiger partial charge in [-0.3, -0.25) is 9.69 Å². The van der Waals surface area contributed by atoms with E-state index in [0.29, 0.717) is 12.2 Å². The molecule has 0 atom stereocenters. The van der Waals surface area contributed by atoms with Crippen molar-refractivity contribution in [2.75, 3.05) is 25.0 Å². The minimum absolute atomic E-state index is 0.00608. The second kappa shape index (κ2) is 6.05. The maximum Gasteiger partial charge on any atom is 0.238 e. The van der Waals surface area contributed by atoms with Crippen LogP contribution < -0.4 is 5.32 Å². The van der Waals surface area contributed by atoms with E-state index in [1.165, 1.54) is 12.8 Å². The lowest BCUT2D eigenvalue weighted by molar-refractivity contribution is -0.117. The van der Waals surface area contributed by atoms with Crippen LogP contribution in [0.15, 0.2) is 29.4 Å². The quantitative estimate of drug-likeness (QED) is 0.502. The molecule has 2 rings (SSSR count). The molecule has 1 fully saturated rings. The third kappa shape index (κ3) is 3.48. The van der Waals surface area contributed by atoms with Gasteiger partial charge in [0.1, 0.15) is 0 Å². The van der Waals surface area contributed by atoms with Crippen molar-refractivity contribution in [1.29, 1.82) is 0 Å². The van der Waals surface area contributed by atoms with Crippen LogP contribution in [0, 0.1) is 0 Å². The Morgan fingerprint density at radius 1 is 1.33 bits per heavy atom. The normalized spacial score (nSPS) is 15.1. The molecule has 1 aromatic carbocycles. The maximum absolute atomic E-state index is 11.7. The molecule has 18 heavy (non-hydrogen) atoms. The summed E-state index contributed by atoms with van der Waals surface area (Å²) in [6, 6.07) is 6.80. The molecule has 0 unspecified atom stereocenters. The molecule has 0 spiro atoms. The van der Waals surface area contributed by atoms with Crippen molar-refractivity contribution in [2.45, 2.75) is 12.8 Å². The molecule has 1 saturated heterocycles. The molecule has 1 N–H and O–H groups in total. The second-order valence-corrected chi connectivity index (χ2v) is 4.27. The van der Waals surface area contributed by atoms with Crippen molar-refractivity contribution < 1.29 is 4.79 Å². The van der Waals surface area contributed by atoms with Crippen molar-refractivity contribution in [3.63, 3.8) is 0 Å². The predicted octanol–water partition coefficient (Wildman–Crippen LogP) is 2.66. The number of benzene rings is 1. The minimum atomic E-state index is -0.00608. The van der Waals surface area contributed by atoms with Crippen LogP contribution in [0.4, 0.5) is 11.4 Å². The SMILES string of the molecule is [N-]=[N+]=Nc1ccc(NC(=O)CN2CCCC2)cc1. The average Bonchev–Trinajstić information content (AvgIpc) is 2.84. The van der Waals surface area contributed by atoms with Gasteiger partial charge < -0.3 is 5.32 Å². The predicted molar refractivity (Wildman–Crippen MR) is 69.6 cm³/mol. The van der Waals surface area contributed by atoms with Crippen molar-refractivity contribution in [2.24, 2.45) is 5.11 Å². The zero-order valence-corrected chi connectivity index (χ0v) is 10.0. The first kappa shape index (κ1) is 12.4. The number of nitrogens with one attached hydrogen (secondary N) is 1. The summed E-state index contributed by atoms with van der Waals surface area (Å²) >= 11 is 0. The van der Waals surface area contributed by atoms with Gasteiger partial charge in [-0.2, -0.15) is 0 Å². The number of anilines is 1. The maximum atomic E-state index is 11.7. The number of likely N-dealkylation sites (tertiary alicyclic amines) is 1. The number of hydrogen-bond acceptors (Lipinski definition) is 3. The Balaban J connectivity index is 1.88. The van der Waals surface area contributed by atoms with E-state index in [1.54, 1.807) is 24.3 Å². The lowest BCUT2D eigenvalue weighted by Crippen LogP contribution is -2.30. The van der Waals surface area contributed by atoms with Crippen LogP contribution in [0.25, 0.3) is 10.4 Å². The molecular formula is C12H15N5O. The van der Waals surface area contributed by atoms with E-state index in [2.05, 4.69) is 20.2 Å². The Morgan fingerprint density at radius 3 is 2.61 bits per heavy atom. The summed E-state index contributed by atoms with van der Waals surface area (Å²) in [6.45, 7) is 2.45. The van der Waals surface area contributed by atoms with Gasteiger partial charge in [0.05, 0.1) is 6.54 Å². The van der Waals surface area contributed by atoms with Crippen LogP contribution in [-0.2, 0) is 4.79 Å². The number of amides is 1. The number of carbonyl (C=O) groups excluding carboxylic acids is 1. The summed E-state index contributed by atoms with van der Waals surface area (Å²) in [5.74, 6) is -0.00608. The highest BCUT2D eigenvalue weighted by Gasteiger charge is 2.14. The molecule has 1 aliphatic rings. The largest absolute Gasteiger partial charge is 0.325 e. The molecule has 0 bridgehead atoms. The lowest BCUT2D eigenvalue weighted by Gasteiger charge is -2.14. The molecule has 94 valence electrons. The van der Waals surface area contributed by atoms with E-state index in [9.17, 15) is 4.79 Å². The van der Waals surface area contributed by atoms with Crippen molar-refractivity contribution >= 4 is 17.3 Å². The van der Waals surface area contributed by atoms with Crippen LogP contribution in [0.2, 0.25) is 0 Å². The summed E-state index contributed by atoms with van der Waals surface area (Å²) in [4.78, 5) is 16.6. The monoisotopic (exact) mass is 245 g/mol. The number of azide groups is 1. The smallest absolute Gasteiger partial charge is 0.238 e. The van der Waals surface area contributed by atoms with Gasteiger partial charge in [0.2, 0.25) is 5.91 Å². The third-order valence-electron chi connectivity index (χ3n) is 2.88. The molecule has 1 aromatic rings. The summed E-state index contributed by atoms with van der Waals surface area (Å²) in [7, 11) is 0. The van der Waals surface area contributed by atoms with Gasteiger partial charge in [-0.1, -0.05) is 17.2 Å². The topological polar surface area (TPSA) is 81.1 Å². The van der Waals surface area contributed by atoms with Crippen LogP contribution >= 0.6 is 0 Å². The number of nitrogens with zero attached hydrogens (tertiary/aromatic N) is 4. The van der Waals surface area contributed by atoms with Crippen LogP contribution in [-0.4, -0.2) is 30.4 Å². The fourth-order valence-corrected chi connectivity index (χ4v) is 2.01. The first-order valence-electron chi connectivity index (χ1n) is 5.95. The lowest BCUT2D eigenvalue weighted by atomic mass is 10.3. The first-order valence-corrected chi connectivity index (χ1v) is 5.95. The summed E-state index contributed by atoms with van der Waals surface area (Å²) in [6.07, 6.45) is 2.35. The van der Waals surface area contributed by atoms with E-state index < -0.39 is 0 Å². The number of carbonyl (C=O) groups is 1. The van der Waals surface area contributed by atoms with Gasteiger partial charge in [-0.05, 0) is 43.6 Å². The number of rotatable bonds is 4. The van der Waals surface area contributed by atoms with E-state index >= 15 is 0 Å². The Labute approximate surface area is 105 Å². The highest BCUT2D eigenvalue weighted by Crippen LogP contribution is 2.16. The Kier molecular flexibility index (Phi) is 4.17. The van der Waals surface area contributed by atoms with Crippen molar-refractivity contribution in [3.8, 4) is 0 Å². The fourth-order valence-electron chi connectivity index (χ4n) is 2.01. The molecule has 1 aliphatic heterocycles. The highest BCUT2D eigenvalue weighted by molar-refractivity contribution is 5.92. The highest BCUT2D eigenvalue weighted by atomic mass is 16.2. The standard InChI is InChI=1S/C12H15N5O/c13-16-15-11-5-3-10(4-6-11)14-12(18)9-17-7-1-2-8-17/h3-6H,1-2,7-9H2,(H,14,18). The van der Waals surface area contributed by atoms with Crippen LogP contribution in [0.5, 0.6) is 0 Å². The average molecular weight is 245 g/mol. The van der Waals surface area contributed by atoms with Gasteiger partial charge >= 0.3 is 0 Å². The summed E-state index contributed by atoms with van der Waals surface area (Å²) in [5, 5.41) is 6.29. The van der Waals surface area contributed by atoms with Gasteiger partial charge in [-0.25, -0.2) is 0 Å². The minimum Gasteiger partial charge on any atom is -0.325 e. The fraction of sp³-hybridized carbons (Fsp3) is 0.417. The molecule has 0 aliphatic carbocycles. The molecule has 1 heterocycles. The first-order chi connectivity index (χ1) is 8.78. The van der Waals surface area contributed by atoms with Crippen molar-refractivity contribution in [1.82, 2.24) is 4.90 Å². The summed E-state index contributed by atoms with van der Waals surface area (Å²) in [5.41, 5.74) is 9.53. The van der Waals surface area contributed by atoms with Gasteiger partial charge in [0.25, 0.3) is 0 Å². The molecule has 6 nitrogen and oxygen atoms in total. The molecular weight excluding hydrogens is 230 g/mol. The third-order valence-corrected chi connectivity index (χ3v) is 2.88. The molecule has 0 saturated carbocycles. The Hall–Kier alpha value is -2.04. The van der Waals surface area contributed by atoms with E-state index in [0.717, 1.165) is 18.8 Å². The Morgan fingerprint density at radius 2 is 2.00 bits per heavy atom. The van der Waals surface area contributed by atoms with E-state index in [-0.39, 0.29) is 5.91 Å². The molecule has 6 heteroatoms. The Bertz CT molecular complexity index is 458. The molecule has 1 amide bonds. The van der Waals surface area contributed by atoms with E-state index in [1.807, 2.05) is 0 Å². The summed E-state index contributed by atoms with van der Waals surface area (Å²) < 4.78 is 0. The zero-order chi connectivity index (χ0) is 12.8. The zero-order valence-electron chi connectivity index (χ0n) is 10.0. The van der Waals surface area contributed by atoms with Gasteiger partial charge in [-0.15, -0.1) is 0 Å². The van der Waals surface area contributed by atoms with Gasteiger partial charge in [0, 0.05) is 16.3 Å². The molecule has 0 aromatic heterocycles. The van der Waals surface area contributed by atoms with Crippen molar-refractivity contribution in [3.05, 3.63) is 34.7 Å². The molecule has 0 radical (unpaired) electrons. The van der Waals surface area contributed by atoms with Crippen LogP contribution in [0.1, 0.15) is 12.8 Å². The van der Waals surface area contributed by atoms with Crippen LogP contribution in [0.3, 0.4) is 0 Å². The second-order valence-electron chi connectivity index (χ2n) is 4.27. The van der Waals surface area contributed by atoms with Gasteiger partial charge in [0.15, 0.2) is 0 Å². The van der Waals surface area contributed by atoms with E-state index in [4.69, 9.17) is 5.53 Å². The number of hydrogen-bond donors (Lipinski definition) is 1.